The summed E-state index contributed by atoms with van der Waals surface area (Å²) in [6, 6.07) is 6.89. The van der Waals surface area contributed by atoms with E-state index in [1.54, 1.807) is 31.2 Å². The SMILES string of the molecule is CCOC(=O)c1c(NC(=O)CSc2cccc(NC(=O)/C=C/C(=O)O)c2)sc2c1CCC(C)C2. The van der Waals surface area contributed by atoms with E-state index in [1.165, 1.54) is 23.1 Å². The molecule has 2 amide bonds. The molecule has 1 atom stereocenters. The highest BCUT2D eigenvalue weighted by atomic mass is 32.2. The molecular formula is C24H26N2O6S2. The molecule has 0 aliphatic heterocycles. The second kappa shape index (κ2) is 11.8. The molecule has 1 aliphatic carbocycles. The van der Waals surface area contributed by atoms with Gasteiger partial charge in [0.15, 0.2) is 0 Å². The lowest BCUT2D eigenvalue weighted by molar-refractivity contribution is -0.131. The molecule has 1 aliphatic rings. The first kappa shape index (κ1) is 25.5. The van der Waals surface area contributed by atoms with E-state index in [0.29, 0.717) is 22.2 Å². The minimum atomic E-state index is -1.21. The molecule has 0 saturated heterocycles. The number of ether oxygens (including phenoxy) is 1. The number of thiophene rings is 1. The molecule has 3 rings (SSSR count). The van der Waals surface area contributed by atoms with Crippen molar-refractivity contribution >= 4 is 57.5 Å². The number of hydrogen-bond acceptors (Lipinski definition) is 7. The number of carboxylic acids is 1. The largest absolute Gasteiger partial charge is 0.478 e. The van der Waals surface area contributed by atoms with Crippen molar-refractivity contribution in [1.29, 1.82) is 0 Å². The first-order valence-electron chi connectivity index (χ1n) is 10.8. The Morgan fingerprint density at radius 3 is 2.76 bits per heavy atom. The van der Waals surface area contributed by atoms with Gasteiger partial charge in [-0.2, -0.15) is 0 Å². The Bertz CT molecular complexity index is 1120. The molecular weight excluding hydrogens is 476 g/mol. The van der Waals surface area contributed by atoms with Crippen molar-refractivity contribution in [3.63, 3.8) is 0 Å². The third-order valence-electron chi connectivity index (χ3n) is 5.09. The smallest absolute Gasteiger partial charge is 0.341 e. The third kappa shape index (κ3) is 6.94. The first-order valence-corrected chi connectivity index (χ1v) is 12.6. The highest BCUT2D eigenvalue weighted by Crippen LogP contribution is 2.40. The van der Waals surface area contributed by atoms with Gasteiger partial charge in [0.2, 0.25) is 11.8 Å². The summed E-state index contributed by atoms with van der Waals surface area (Å²) < 4.78 is 5.25. The van der Waals surface area contributed by atoms with Gasteiger partial charge < -0.3 is 20.5 Å². The molecule has 0 fully saturated rings. The predicted molar refractivity (Wildman–Crippen MR) is 133 cm³/mol. The highest BCUT2D eigenvalue weighted by molar-refractivity contribution is 8.00. The first-order chi connectivity index (χ1) is 16.3. The average molecular weight is 503 g/mol. The van der Waals surface area contributed by atoms with Crippen molar-refractivity contribution in [3.8, 4) is 0 Å². The molecule has 10 heteroatoms. The fraction of sp³-hybridized carbons (Fsp3) is 0.333. The van der Waals surface area contributed by atoms with Crippen LogP contribution in [-0.2, 0) is 32.0 Å². The minimum absolute atomic E-state index is 0.109. The van der Waals surface area contributed by atoms with Crippen LogP contribution >= 0.6 is 23.1 Å². The van der Waals surface area contributed by atoms with Crippen molar-refractivity contribution in [3.05, 3.63) is 52.4 Å². The molecule has 1 heterocycles. The second-order valence-electron chi connectivity index (χ2n) is 7.80. The number of hydrogen-bond donors (Lipinski definition) is 3. The van der Waals surface area contributed by atoms with Gasteiger partial charge >= 0.3 is 11.9 Å². The average Bonchev–Trinajstić information content (AvgIpc) is 3.13. The Morgan fingerprint density at radius 1 is 1.24 bits per heavy atom. The number of amides is 2. The molecule has 1 unspecified atom stereocenters. The molecule has 180 valence electrons. The van der Waals surface area contributed by atoms with E-state index >= 15 is 0 Å². The summed E-state index contributed by atoms with van der Waals surface area (Å²) in [6.45, 7) is 4.20. The Morgan fingerprint density at radius 2 is 2.03 bits per heavy atom. The molecule has 0 bridgehead atoms. The normalized spacial score (nSPS) is 14.9. The van der Waals surface area contributed by atoms with Crippen LogP contribution in [0.25, 0.3) is 0 Å². The van der Waals surface area contributed by atoms with Crippen molar-refractivity contribution in [2.45, 2.75) is 38.0 Å². The molecule has 2 aromatic rings. The van der Waals surface area contributed by atoms with Crippen LogP contribution in [0.4, 0.5) is 10.7 Å². The maximum Gasteiger partial charge on any atom is 0.341 e. The van der Waals surface area contributed by atoms with Crippen molar-refractivity contribution in [2.75, 3.05) is 23.0 Å². The van der Waals surface area contributed by atoms with E-state index < -0.39 is 17.8 Å². The Kier molecular flexibility index (Phi) is 8.89. The molecule has 1 aromatic heterocycles. The zero-order valence-electron chi connectivity index (χ0n) is 18.9. The summed E-state index contributed by atoms with van der Waals surface area (Å²) >= 11 is 2.73. The van der Waals surface area contributed by atoms with E-state index in [2.05, 4.69) is 17.6 Å². The van der Waals surface area contributed by atoms with Gasteiger partial charge in [-0.15, -0.1) is 23.1 Å². The number of anilines is 2. The zero-order valence-corrected chi connectivity index (χ0v) is 20.5. The molecule has 34 heavy (non-hydrogen) atoms. The van der Waals surface area contributed by atoms with Gasteiger partial charge in [0.05, 0.1) is 17.9 Å². The van der Waals surface area contributed by atoms with Crippen LogP contribution in [0.3, 0.4) is 0 Å². The number of carbonyl (C=O) groups excluding carboxylic acids is 3. The molecule has 3 N–H and O–H groups in total. The molecule has 0 spiro atoms. The summed E-state index contributed by atoms with van der Waals surface area (Å²) in [4.78, 5) is 49.5. The summed E-state index contributed by atoms with van der Waals surface area (Å²) in [6.07, 6.45) is 4.37. The fourth-order valence-corrected chi connectivity index (χ4v) is 5.73. The van der Waals surface area contributed by atoms with Crippen molar-refractivity contribution in [1.82, 2.24) is 0 Å². The zero-order chi connectivity index (χ0) is 24.7. The Labute approximate surface area is 205 Å². The third-order valence-corrected chi connectivity index (χ3v) is 7.26. The molecule has 0 radical (unpaired) electrons. The summed E-state index contributed by atoms with van der Waals surface area (Å²) in [7, 11) is 0. The van der Waals surface area contributed by atoms with E-state index in [0.717, 1.165) is 46.8 Å². The van der Waals surface area contributed by atoms with Crippen LogP contribution < -0.4 is 10.6 Å². The van der Waals surface area contributed by atoms with Gasteiger partial charge in [-0.05, 0) is 55.9 Å². The second-order valence-corrected chi connectivity index (χ2v) is 9.96. The van der Waals surface area contributed by atoms with Gasteiger partial charge in [0.25, 0.3) is 0 Å². The monoisotopic (exact) mass is 502 g/mol. The van der Waals surface area contributed by atoms with Crippen LogP contribution in [0, 0.1) is 5.92 Å². The number of rotatable bonds is 9. The topological polar surface area (TPSA) is 122 Å². The van der Waals surface area contributed by atoms with Gasteiger partial charge in [-0.1, -0.05) is 13.0 Å². The number of nitrogens with one attached hydrogen (secondary N) is 2. The van der Waals surface area contributed by atoms with Crippen LogP contribution in [-0.4, -0.2) is 41.2 Å². The molecule has 1 aromatic carbocycles. The van der Waals surface area contributed by atoms with Crippen LogP contribution in [0.5, 0.6) is 0 Å². The van der Waals surface area contributed by atoms with Crippen LogP contribution in [0.2, 0.25) is 0 Å². The predicted octanol–water partition coefficient (Wildman–Crippen LogP) is 4.36. The lowest BCUT2D eigenvalue weighted by Gasteiger charge is -2.18. The van der Waals surface area contributed by atoms with Gasteiger partial charge in [0.1, 0.15) is 5.00 Å². The van der Waals surface area contributed by atoms with Crippen LogP contribution in [0.15, 0.2) is 41.3 Å². The Hall–Kier alpha value is -3.11. The molecule has 0 saturated carbocycles. The summed E-state index contributed by atoms with van der Waals surface area (Å²) in [5.74, 6) is -1.79. The quantitative estimate of drug-likeness (QED) is 0.265. The lowest BCUT2D eigenvalue weighted by atomic mass is 9.88. The number of fused-ring (bicyclic) bond motifs is 1. The van der Waals surface area contributed by atoms with E-state index in [4.69, 9.17) is 9.84 Å². The van der Waals surface area contributed by atoms with Crippen LogP contribution in [0.1, 0.15) is 41.1 Å². The Balaban J connectivity index is 1.65. The van der Waals surface area contributed by atoms with Crippen molar-refractivity contribution in [2.24, 2.45) is 5.92 Å². The summed E-state index contributed by atoms with van der Waals surface area (Å²) in [5, 5.41) is 14.6. The van der Waals surface area contributed by atoms with E-state index in [9.17, 15) is 19.2 Å². The summed E-state index contributed by atoms with van der Waals surface area (Å²) in [5.41, 5.74) is 1.95. The van der Waals surface area contributed by atoms with E-state index in [-0.39, 0.29) is 18.3 Å². The van der Waals surface area contributed by atoms with Gasteiger partial charge in [0, 0.05) is 27.6 Å². The standard InChI is InChI=1S/C24H26N2O6S2/c1-3-32-24(31)22-17-8-7-14(2)11-18(17)34-23(22)26-20(28)13-33-16-6-4-5-15(12-16)25-19(27)9-10-21(29)30/h4-6,9-10,12,14H,3,7-8,11,13H2,1-2H3,(H,25,27)(H,26,28)(H,29,30)/b10-9+. The molecule has 8 nitrogen and oxygen atoms in total. The number of carboxylic acid groups (broad SMARTS) is 1. The lowest BCUT2D eigenvalue weighted by Crippen LogP contribution is -2.17. The number of benzene rings is 1. The fourth-order valence-electron chi connectivity index (χ4n) is 3.56. The maximum absolute atomic E-state index is 12.7. The van der Waals surface area contributed by atoms with Gasteiger partial charge in [-0.25, -0.2) is 9.59 Å². The highest BCUT2D eigenvalue weighted by Gasteiger charge is 2.29. The number of thioether (sulfide) groups is 1. The maximum atomic E-state index is 12.7. The van der Waals surface area contributed by atoms with Gasteiger partial charge in [-0.3, -0.25) is 9.59 Å². The number of aliphatic carboxylic acids is 1. The number of esters is 1. The van der Waals surface area contributed by atoms with Crippen molar-refractivity contribution < 1.29 is 29.0 Å². The minimum Gasteiger partial charge on any atom is -0.478 e. The van der Waals surface area contributed by atoms with E-state index in [1.807, 2.05) is 0 Å². The number of carbonyl (C=O) groups is 4.